The van der Waals surface area contributed by atoms with Crippen LogP contribution in [-0.2, 0) is 13.6 Å². The lowest BCUT2D eigenvalue weighted by atomic mass is 9.93. The molecular weight excluding hydrogens is 379 g/mol. The van der Waals surface area contributed by atoms with Crippen molar-refractivity contribution in [1.82, 2.24) is 24.6 Å². The van der Waals surface area contributed by atoms with Crippen molar-refractivity contribution in [1.29, 1.82) is 0 Å². The first-order chi connectivity index (χ1) is 14.4. The van der Waals surface area contributed by atoms with E-state index in [2.05, 4.69) is 28.1 Å². The molecular formula is C23H29FN6. The number of aromatic nitrogens is 4. The first-order valence-electron chi connectivity index (χ1n) is 10.5. The van der Waals surface area contributed by atoms with E-state index >= 15 is 0 Å². The fraction of sp³-hybridized carbons (Fsp3) is 0.435. The Morgan fingerprint density at radius 3 is 2.60 bits per heavy atom. The topological polar surface area (TPSA) is 50.1 Å². The van der Waals surface area contributed by atoms with Crippen molar-refractivity contribution in [2.24, 2.45) is 7.05 Å². The number of hydrogen-bond acceptors (Lipinski definition) is 5. The molecule has 2 aromatic heterocycles. The van der Waals surface area contributed by atoms with Gasteiger partial charge in [0.15, 0.2) is 0 Å². The minimum Gasteiger partial charge on any atom is -0.347 e. The van der Waals surface area contributed by atoms with Crippen LogP contribution in [-0.4, -0.2) is 45.3 Å². The van der Waals surface area contributed by atoms with Crippen LogP contribution < -0.4 is 4.90 Å². The molecule has 1 aliphatic heterocycles. The second kappa shape index (κ2) is 8.52. The SMILES string of the molecule is Cc1nn(C)cc1CN1CCCCC1c1nc(N(C)C)ncc1-c1ccc(F)cc1. The normalized spacial score (nSPS) is 17.3. The monoisotopic (exact) mass is 408 g/mol. The van der Waals surface area contributed by atoms with E-state index in [1.807, 2.05) is 49.1 Å². The van der Waals surface area contributed by atoms with Crippen molar-refractivity contribution in [2.45, 2.75) is 38.8 Å². The van der Waals surface area contributed by atoms with Crippen molar-refractivity contribution < 1.29 is 4.39 Å². The van der Waals surface area contributed by atoms with Gasteiger partial charge in [0, 0.05) is 51.2 Å². The van der Waals surface area contributed by atoms with Gasteiger partial charge in [0.25, 0.3) is 0 Å². The summed E-state index contributed by atoms with van der Waals surface area (Å²) in [5, 5.41) is 4.51. The number of halogens is 1. The Kier molecular flexibility index (Phi) is 5.81. The zero-order valence-corrected chi connectivity index (χ0v) is 18.1. The minimum absolute atomic E-state index is 0.181. The third kappa shape index (κ3) is 4.21. The fourth-order valence-electron chi connectivity index (χ4n) is 4.22. The van der Waals surface area contributed by atoms with E-state index in [-0.39, 0.29) is 11.9 Å². The van der Waals surface area contributed by atoms with Crippen LogP contribution in [0.5, 0.6) is 0 Å². The van der Waals surface area contributed by atoms with Crippen molar-refractivity contribution in [3.05, 3.63) is 59.4 Å². The zero-order valence-electron chi connectivity index (χ0n) is 18.1. The molecule has 6 nitrogen and oxygen atoms in total. The number of benzene rings is 1. The Morgan fingerprint density at radius 2 is 1.93 bits per heavy atom. The van der Waals surface area contributed by atoms with E-state index in [1.165, 1.54) is 24.1 Å². The van der Waals surface area contributed by atoms with E-state index in [0.29, 0.717) is 5.95 Å². The highest BCUT2D eigenvalue weighted by Crippen LogP contribution is 2.37. The van der Waals surface area contributed by atoms with Crippen LogP contribution in [0.3, 0.4) is 0 Å². The molecule has 1 unspecified atom stereocenters. The number of aryl methyl sites for hydroxylation is 2. The van der Waals surface area contributed by atoms with Crippen LogP contribution in [0.25, 0.3) is 11.1 Å². The van der Waals surface area contributed by atoms with Gasteiger partial charge in [-0.3, -0.25) is 9.58 Å². The highest BCUT2D eigenvalue weighted by atomic mass is 19.1. The second-order valence-electron chi connectivity index (χ2n) is 8.27. The van der Waals surface area contributed by atoms with Gasteiger partial charge in [0.1, 0.15) is 5.82 Å². The van der Waals surface area contributed by atoms with Crippen LogP contribution in [0.1, 0.15) is 42.3 Å². The first kappa shape index (κ1) is 20.5. The molecule has 0 radical (unpaired) electrons. The average molecular weight is 409 g/mol. The van der Waals surface area contributed by atoms with E-state index < -0.39 is 0 Å². The third-order valence-corrected chi connectivity index (χ3v) is 5.78. The molecule has 1 saturated heterocycles. The Labute approximate surface area is 177 Å². The molecule has 1 fully saturated rings. The summed E-state index contributed by atoms with van der Waals surface area (Å²) >= 11 is 0. The molecule has 7 heteroatoms. The number of anilines is 1. The molecule has 158 valence electrons. The summed E-state index contributed by atoms with van der Waals surface area (Å²) in [6.45, 7) is 3.92. The lowest BCUT2D eigenvalue weighted by Gasteiger charge is -2.36. The number of rotatable bonds is 5. The van der Waals surface area contributed by atoms with Gasteiger partial charge in [0.05, 0.1) is 17.4 Å². The number of piperidine rings is 1. The molecule has 1 aliphatic rings. The van der Waals surface area contributed by atoms with Crippen molar-refractivity contribution in [2.75, 3.05) is 25.5 Å². The van der Waals surface area contributed by atoms with Gasteiger partial charge in [0.2, 0.25) is 5.95 Å². The maximum Gasteiger partial charge on any atom is 0.225 e. The fourth-order valence-corrected chi connectivity index (χ4v) is 4.22. The van der Waals surface area contributed by atoms with Gasteiger partial charge >= 0.3 is 0 Å². The molecule has 0 saturated carbocycles. The molecule has 0 aliphatic carbocycles. The summed E-state index contributed by atoms with van der Waals surface area (Å²) in [4.78, 5) is 14.0. The van der Waals surface area contributed by atoms with Gasteiger partial charge in [-0.2, -0.15) is 5.10 Å². The predicted molar refractivity (Wildman–Crippen MR) is 117 cm³/mol. The summed E-state index contributed by atoms with van der Waals surface area (Å²) in [7, 11) is 5.87. The smallest absolute Gasteiger partial charge is 0.225 e. The number of likely N-dealkylation sites (tertiary alicyclic amines) is 1. The van der Waals surface area contributed by atoms with Gasteiger partial charge in [-0.15, -0.1) is 0 Å². The molecule has 4 rings (SSSR count). The minimum atomic E-state index is -0.238. The third-order valence-electron chi connectivity index (χ3n) is 5.78. The van der Waals surface area contributed by atoms with Gasteiger partial charge < -0.3 is 4.90 Å². The van der Waals surface area contributed by atoms with E-state index in [1.54, 1.807) is 0 Å². The second-order valence-corrected chi connectivity index (χ2v) is 8.27. The molecule has 3 aromatic rings. The van der Waals surface area contributed by atoms with Crippen LogP contribution in [0.2, 0.25) is 0 Å². The van der Waals surface area contributed by atoms with Crippen molar-refractivity contribution >= 4 is 5.95 Å². The van der Waals surface area contributed by atoms with Gasteiger partial charge in [-0.1, -0.05) is 18.6 Å². The highest BCUT2D eigenvalue weighted by Gasteiger charge is 2.29. The predicted octanol–water partition coefficient (Wildman–Crippen LogP) is 4.12. The zero-order chi connectivity index (χ0) is 21.3. The Morgan fingerprint density at radius 1 is 1.17 bits per heavy atom. The van der Waals surface area contributed by atoms with E-state index in [4.69, 9.17) is 4.98 Å². The van der Waals surface area contributed by atoms with Crippen LogP contribution in [0.15, 0.2) is 36.7 Å². The summed E-state index contributed by atoms with van der Waals surface area (Å²) in [6.07, 6.45) is 7.36. The molecule has 3 heterocycles. The summed E-state index contributed by atoms with van der Waals surface area (Å²) in [6, 6.07) is 6.80. The maximum atomic E-state index is 13.5. The molecule has 0 spiro atoms. The summed E-state index contributed by atoms with van der Waals surface area (Å²) in [5.74, 6) is 0.455. The van der Waals surface area contributed by atoms with Crippen LogP contribution >= 0.6 is 0 Å². The largest absolute Gasteiger partial charge is 0.347 e. The lowest BCUT2D eigenvalue weighted by Crippen LogP contribution is -2.34. The average Bonchev–Trinajstić information content (AvgIpc) is 3.05. The van der Waals surface area contributed by atoms with Crippen LogP contribution in [0, 0.1) is 12.7 Å². The van der Waals surface area contributed by atoms with Crippen LogP contribution in [0.4, 0.5) is 10.3 Å². The lowest BCUT2D eigenvalue weighted by molar-refractivity contribution is 0.137. The number of hydrogen-bond donors (Lipinski definition) is 0. The standard InChI is InChI=1S/C23H29FN6/c1-16-18(14-29(4)27-16)15-30-12-6-5-7-21(30)22-20(13-25-23(26-22)28(2)3)17-8-10-19(24)11-9-17/h8-11,13-14,21H,5-7,12,15H2,1-4H3. The highest BCUT2D eigenvalue weighted by molar-refractivity contribution is 5.66. The maximum absolute atomic E-state index is 13.5. The summed E-state index contributed by atoms with van der Waals surface area (Å²) < 4.78 is 15.4. The van der Waals surface area contributed by atoms with E-state index in [9.17, 15) is 4.39 Å². The van der Waals surface area contributed by atoms with Crippen molar-refractivity contribution in [3.63, 3.8) is 0 Å². The van der Waals surface area contributed by atoms with Gasteiger partial charge in [-0.25, -0.2) is 14.4 Å². The number of nitrogens with zero attached hydrogens (tertiary/aromatic N) is 6. The Balaban J connectivity index is 1.75. The molecule has 0 bridgehead atoms. The molecule has 1 atom stereocenters. The van der Waals surface area contributed by atoms with Gasteiger partial charge in [-0.05, 0) is 44.0 Å². The van der Waals surface area contributed by atoms with Crippen molar-refractivity contribution in [3.8, 4) is 11.1 Å². The Bertz CT molecular complexity index is 1010. The molecule has 0 N–H and O–H groups in total. The molecule has 1 aromatic carbocycles. The summed E-state index contributed by atoms with van der Waals surface area (Å²) in [5.41, 5.74) is 5.24. The quantitative estimate of drug-likeness (QED) is 0.636. The first-order valence-corrected chi connectivity index (χ1v) is 10.5. The molecule has 30 heavy (non-hydrogen) atoms. The Hall–Kier alpha value is -2.80. The van der Waals surface area contributed by atoms with E-state index in [0.717, 1.165) is 48.4 Å². The molecule has 0 amide bonds.